The van der Waals surface area contributed by atoms with E-state index in [2.05, 4.69) is 70.9 Å². The molecule has 4 rings (SSSR count). The van der Waals surface area contributed by atoms with Gasteiger partial charge in [0.1, 0.15) is 12.4 Å². The summed E-state index contributed by atoms with van der Waals surface area (Å²) >= 11 is 0. The Hall–Kier alpha value is -2.78. The van der Waals surface area contributed by atoms with E-state index in [0.29, 0.717) is 12.6 Å². The van der Waals surface area contributed by atoms with E-state index in [4.69, 9.17) is 4.74 Å². The Morgan fingerprint density at radius 2 is 1.59 bits per heavy atom. The number of hydrogen-bond donors (Lipinski definition) is 1. The Labute approximate surface area is 161 Å². The quantitative estimate of drug-likeness (QED) is 0.646. The van der Waals surface area contributed by atoms with Gasteiger partial charge in [-0.05, 0) is 29.7 Å². The fraction of sp³-hybridized carbons (Fsp3) is 0.250. The summed E-state index contributed by atoms with van der Waals surface area (Å²) in [7, 11) is 0. The molecule has 3 nitrogen and oxygen atoms in total. The van der Waals surface area contributed by atoms with Crippen LogP contribution in [0.15, 0.2) is 84.9 Å². The standard InChI is InChI=1S/C24H26N2O/c1-3-8-20(9-4-1)17-26-15-14-23(18-26)25-22-12-7-13-24(16-22)27-19-21-10-5-2-6-11-21/h1-13,16,23,25H,14-15,17-19H2. The van der Waals surface area contributed by atoms with Crippen LogP contribution < -0.4 is 10.1 Å². The molecule has 0 bridgehead atoms. The van der Waals surface area contributed by atoms with E-state index in [1.807, 2.05) is 24.3 Å². The van der Waals surface area contributed by atoms with Crippen LogP contribution in [0, 0.1) is 0 Å². The molecule has 0 saturated carbocycles. The molecule has 1 aliphatic heterocycles. The highest BCUT2D eigenvalue weighted by Gasteiger charge is 2.22. The summed E-state index contributed by atoms with van der Waals surface area (Å²) < 4.78 is 5.95. The van der Waals surface area contributed by atoms with E-state index in [1.165, 1.54) is 17.5 Å². The van der Waals surface area contributed by atoms with Gasteiger partial charge in [-0.1, -0.05) is 66.7 Å². The highest BCUT2D eigenvalue weighted by Crippen LogP contribution is 2.22. The molecule has 0 amide bonds. The molecule has 27 heavy (non-hydrogen) atoms. The van der Waals surface area contributed by atoms with Crippen LogP contribution in [0.2, 0.25) is 0 Å². The lowest BCUT2D eigenvalue weighted by Gasteiger charge is -2.18. The van der Waals surface area contributed by atoms with Gasteiger partial charge < -0.3 is 10.1 Å². The monoisotopic (exact) mass is 358 g/mol. The van der Waals surface area contributed by atoms with Crippen LogP contribution in [-0.4, -0.2) is 24.0 Å². The second-order valence-electron chi connectivity index (χ2n) is 7.15. The number of hydrogen-bond acceptors (Lipinski definition) is 3. The van der Waals surface area contributed by atoms with E-state index in [0.717, 1.165) is 31.1 Å². The number of nitrogens with one attached hydrogen (secondary N) is 1. The first-order chi connectivity index (χ1) is 13.3. The fourth-order valence-electron chi connectivity index (χ4n) is 3.59. The highest BCUT2D eigenvalue weighted by molar-refractivity contribution is 5.49. The maximum absolute atomic E-state index is 5.95. The van der Waals surface area contributed by atoms with Gasteiger partial charge in [0.15, 0.2) is 0 Å². The molecular weight excluding hydrogens is 332 g/mol. The van der Waals surface area contributed by atoms with Crippen molar-refractivity contribution in [1.29, 1.82) is 0 Å². The maximum Gasteiger partial charge on any atom is 0.121 e. The van der Waals surface area contributed by atoms with Crippen LogP contribution in [0.25, 0.3) is 0 Å². The van der Waals surface area contributed by atoms with Crippen LogP contribution in [0.5, 0.6) is 5.75 Å². The van der Waals surface area contributed by atoms with E-state index in [9.17, 15) is 0 Å². The van der Waals surface area contributed by atoms with Crippen molar-refractivity contribution in [3.63, 3.8) is 0 Å². The summed E-state index contributed by atoms with van der Waals surface area (Å²) in [4.78, 5) is 2.52. The number of benzene rings is 3. The summed E-state index contributed by atoms with van der Waals surface area (Å²) in [6, 6.07) is 29.8. The summed E-state index contributed by atoms with van der Waals surface area (Å²) in [5, 5.41) is 3.67. The second-order valence-corrected chi connectivity index (χ2v) is 7.15. The molecule has 0 aliphatic carbocycles. The van der Waals surface area contributed by atoms with Gasteiger partial charge in [-0.3, -0.25) is 4.90 Å². The third-order valence-corrected chi connectivity index (χ3v) is 4.97. The van der Waals surface area contributed by atoms with Crippen molar-refractivity contribution in [3.8, 4) is 5.75 Å². The average Bonchev–Trinajstić information content (AvgIpc) is 3.15. The minimum absolute atomic E-state index is 0.484. The smallest absolute Gasteiger partial charge is 0.121 e. The van der Waals surface area contributed by atoms with Gasteiger partial charge in [0, 0.05) is 37.4 Å². The zero-order valence-corrected chi connectivity index (χ0v) is 15.6. The summed E-state index contributed by atoms with van der Waals surface area (Å²) in [6.45, 7) is 3.83. The van der Waals surface area contributed by atoms with Crippen LogP contribution in [0.3, 0.4) is 0 Å². The minimum Gasteiger partial charge on any atom is -0.489 e. The number of nitrogens with zero attached hydrogens (tertiary/aromatic N) is 1. The third kappa shape index (κ3) is 5.11. The van der Waals surface area contributed by atoms with Crippen molar-refractivity contribution in [1.82, 2.24) is 4.90 Å². The normalized spacial score (nSPS) is 17.0. The van der Waals surface area contributed by atoms with Crippen LogP contribution >= 0.6 is 0 Å². The molecule has 3 aromatic carbocycles. The average molecular weight is 358 g/mol. The first-order valence-electron chi connectivity index (χ1n) is 9.65. The van der Waals surface area contributed by atoms with Gasteiger partial charge in [0.05, 0.1) is 0 Å². The van der Waals surface area contributed by atoms with Crippen molar-refractivity contribution in [2.24, 2.45) is 0 Å². The topological polar surface area (TPSA) is 24.5 Å². The van der Waals surface area contributed by atoms with Crippen LogP contribution in [-0.2, 0) is 13.2 Å². The molecule has 1 heterocycles. The third-order valence-electron chi connectivity index (χ3n) is 4.97. The van der Waals surface area contributed by atoms with Gasteiger partial charge in [-0.15, -0.1) is 0 Å². The van der Waals surface area contributed by atoms with Gasteiger partial charge in [0.25, 0.3) is 0 Å². The summed E-state index contributed by atoms with van der Waals surface area (Å²) in [6.07, 6.45) is 1.17. The summed E-state index contributed by atoms with van der Waals surface area (Å²) in [5.74, 6) is 0.906. The molecule has 3 heteroatoms. The van der Waals surface area contributed by atoms with Crippen LogP contribution in [0.4, 0.5) is 5.69 Å². The Kier molecular flexibility index (Phi) is 5.70. The van der Waals surface area contributed by atoms with E-state index >= 15 is 0 Å². The lowest BCUT2D eigenvalue weighted by molar-refractivity contribution is 0.306. The molecule has 1 fully saturated rings. The zero-order valence-electron chi connectivity index (χ0n) is 15.6. The lowest BCUT2D eigenvalue weighted by atomic mass is 10.2. The Balaban J connectivity index is 1.29. The number of likely N-dealkylation sites (tertiary alicyclic amines) is 1. The Bertz CT molecular complexity index is 835. The number of anilines is 1. The number of rotatable bonds is 7. The van der Waals surface area contributed by atoms with E-state index in [1.54, 1.807) is 0 Å². The minimum atomic E-state index is 0.484. The van der Waals surface area contributed by atoms with Gasteiger partial charge in [0.2, 0.25) is 0 Å². The molecule has 1 N–H and O–H groups in total. The molecule has 0 aromatic heterocycles. The van der Waals surface area contributed by atoms with Gasteiger partial charge >= 0.3 is 0 Å². The SMILES string of the molecule is c1ccc(COc2cccc(NC3CCN(Cc4ccccc4)C3)c2)cc1. The van der Waals surface area contributed by atoms with E-state index in [-0.39, 0.29) is 0 Å². The zero-order chi connectivity index (χ0) is 18.3. The molecule has 138 valence electrons. The largest absolute Gasteiger partial charge is 0.489 e. The molecule has 1 atom stereocenters. The predicted molar refractivity (Wildman–Crippen MR) is 111 cm³/mol. The first kappa shape index (κ1) is 17.6. The molecule has 3 aromatic rings. The summed E-state index contributed by atoms with van der Waals surface area (Å²) in [5.41, 5.74) is 3.70. The van der Waals surface area contributed by atoms with Crippen molar-refractivity contribution < 1.29 is 4.74 Å². The lowest BCUT2D eigenvalue weighted by Crippen LogP contribution is -2.25. The Morgan fingerprint density at radius 3 is 2.37 bits per heavy atom. The van der Waals surface area contributed by atoms with Crippen molar-refractivity contribution in [2.45, 2.75) is 25.6 Å². The second kappa shape index (κ2) is 8.74. The highest BCUT2D eigenvalue weighted by atomic mass is 16.5. The molecule has 0 spiro atoms. The van der Waals surface area contributed by atoms with Crippen LogP contribution in [0.1, 0.15) is 17.5 Å². The first-order valence-corrected chi connectivity index (χ1v) is 9.65. The van der Waals surface area contributed by atoms with Crippen molar-refractivity contribution in [3.05, 3.63) is 96.1 Å². The Morgan fingerprint density at radius 1 is 0.852 bits per heavy atom. The van der Waals surface area contributed by atoms with Gasteiger partial charge in [-0.2, -0.15) is 0 Å². The molecule has 1 unspecified atom stereocenters. The molecule has 1 aliphatic rings. The predicted octanol–water partition coefficient (Wildman–Crippen LogP) is 4.95. The molecule has 0 radical (unpaired) electrons. The molecule has 1 saturated heterocycles. The maximum atomic E-state index is 5.95. The fourth-order valence-corrected chi connectivity index (χ4v) is 3.59. The van der Waals surface area contributed by atoms with Crippen molar-refractivity contribution in [2.75, 3.05) is 18.4 Å². The molecular formula is C24H26N2O. The number of ether oxygens (including phenoxy) is 1. The van der Waals surface area contributed by atoms with Gasteiger partial charge in [-0.25, -0.2) is 0 Å². The van der Waals surface area contributed by atoms with Crippen molar-refractivity contribution >= 4 is 5.69 Å². The van der Waals surface area contributed by atoms with E-state index < -0.39 is 0 Å².